The third kappa shape index (κ3) is 7.43. The number of ether oxygens (including phenoxy) is 1. The van der Waals surface area contributed by atoms with Gasteiger partial charge in [-0.2, -0.15) is 4.31 Å². The number of carbonyl (C=O) groups is 1. The molecule has 0 aliphatic carbocycles. The molecular formula is C29H41N3O4S. The van der Waals surface area contributed by atoms with Crippen molar-refractivity contribution in [2.24, 2.45) is 0 Å². The summed E-state index contributed by atoms with van der Waals surface area (Å²) < 4.78 is 33.8. The standard InChI is InChI=1S/C29H41N3O4S/c1-6-10-28(33)31(14-9-12-26-11-7-8-13-27(26)36-5)18-15-30-16-19-32(20-17-30)37(34,35)29-24(3)21-23(2)22-25(29)4/h7-9,11-13,21-22H,6,10,14-20H2,1-5H3/b12-9+. The molecule has 202 valence electrons. The second-order valence-corrected chi connectivity index (χ2v) is 11.6. The second-order valence-electron chi connectivity index (χ2n) is 9.71. The summed E-state index contributed by atoms with van der Waals surface area (Å²) in [4.78, 5) is 17.3. The molecule has 1 saturated heterocycles. The van der Waals surface area contributed by atoms with Gasteiger partial charge in [-0.3, -0.25) is 9.69 Å². The highest BCUT2D eigenvalue weighted by atomic mass is 32.2. The van der Waals surface area contributed by atoms with Gasteiger partial charge in [-0.25, -0.2) is 8.42 Å². The third-order valence-electron chi connectivity index (χ3n) is 6.80. The van der Waals surface area contributed by atoms with E-state index in [9.17, 15) is 13.2 Å². The Kier molecular flexibility index (Phi) is 10.3. The summed E-state index contributed by atoms with van der Waals surface area (Å²) in [6, 6.07) is 11.7. The zero-order valence-corrected chi connectivity index (χ0v) is 23.7. The summed E-state index contributed by atoms with van der Waals surface area (Å²) in [6.45, 7) is 11.8. The van der Waals surface area contributed by atoms with Crippen LogP contribution in [-0.2, 0) is 14.8 Å². The summed E-state index contributed by atoms with van der Waals surface area (Å²) in [7, 11) is -1.89. The number of carbonyl (C=O) groups excluding carboxylic acids is 1. The van der Waals surface area contributed by atoms with Crippen LogP contribution in [0, 0.1) is 20.8 Å². The first-order valence-corrected chi connectivity index (χ1v) is 14.5. The van der Waals surface area contributed by atoms with Gasteiger partial charge >= 0.3 is 0 Å². The number of methoxy groups -OCH3 is 1. The van der Waals surface area contributed by atoms with Crippen LogP contribution in [0.4, 0.5) is 0 Å². The molecule has 0 radical (unpaired) electrons. The number of para-hydroxylation sites is 1. The first-order valence-electron chi connectivity index (χ1n) is 13.0. The van der Waals surface area contributed by atoms with Crippen molar-refractivity contribution in [3.63, 3.8) is 0 Å². The molecule has 2 aromatic rings. The molecule has 8 heteroatoms. The van der Waals surface area contributed by atoms with Gasteiger partial charge in [-0.05, 0) is 44.4 Å². The van der Waals surface area contributed by atoms with Crippen molar-refractivity contribution >= 4 is 22.0 Å². The maximum Gasteiger partial charge on any atom is 0.243 e. The summed E-state index contributed by atoms with van der Waals surface area (Å²) in [6.07, 6.45) is 5.32. The van der Waals surface area contributed by atoms with Gasteiger partial charge in [-0.1, -0.05) is 55.0 Å². The minimum Gasteiger partial charge on any atom is -0.496 e. The van der Waals surface area contributed by atoms with Crippen LogP contribution in [-0.4, -0.2) is 81.4 Å². The van der Waals surface area contributed by atoms with Gasteiger partial charge in [0.05, 0.1) is 12.0 Å². The van der Waals surface area contributed by atoms with Crippen molar-refractivity contribution in [1.82, 2.24) is 14.1 Å². The first-order chi connectivity index (χ1) is 17.7. The summed E-state index contributed by atoms with van der Waals surface area (Å²) in [5.74, 6) is 0.938. The molecule has 0 saturated carbocycles. The van der Waals surface area contributed by atoms with Crippen molar-refractivity contribution < 1.29 is 17.9 Å². The van der Waals surface area contributed by atoms with Gasteiger partial charge in [0.1, 0.15) is 5.75 Å². The van der Waals surface area contributed by atoms with Gasteiger partial charge in [0.2, 0.25) is 15.9 Å². The van der Waals surface area contributed by atoms with Crippen molar-refractivity contribution in [2.75, 3.05) is 52.9 Å². The smallest absolute Gasteiger partial charge is 0.243 e. The van der Waals surface area contributed by atoms with Gasteiger partial charge in [-0.15, -0.1) is 0 Å². The van der Waals surface area contributed by atoms with Crippen LogP contribution in [0.5, 0.6) is 5.75 Å². The van der Waals surface area contributed by atoms with Crippen LogP contribution >= 0.6 is 0 Å². The van der Waals surface area contributed by atoms with E-state index in [2.05, 4.69) is 4.90 Å². The van der Waals surface area contributed by atoms with Crippen LogP contribution in [0.1, 0.15) is 42.0 Å². The van der Waals surface area contributed by atoms with Gasteiger partial charge in [0.25, 0.3) is 0 Å². The number of benzene rings is 2. The normalized spacial score (nSPS) is 15.3. The molecule has 0 spiro atoms. The van der Waals surface area contributed by atoms with Crippen molar-refractivity contribution in [2.45, 2.75) is 45.4 Å². The van der Waals surface area contributed by atoms with E-state index in [1.165, 1.54) is 0 Å². The molecule has 0 bridgehead atoms. The Morgan fingerprint density at radius 2 is 1.70 bits per heavy atom. The lowest BCUT2D eigenvalue weighted by molar-refractivity contribution is -0.130. The number of aryl methyl sites for hydroxylation is 3. The highest BCUT2D eigenvalue weighted by molar-refractivity contribution is 7.89. The Labute approximate surface area is 222 Å². The number of rotatable bonds is 11. The van der Waals surface area contributed by atoms with Gasteiger partial charge < -0.3 is 9.64 Å². The summed E-state index contributed by atoms with van der Waals surface area (Å²) in [5.41, 5.74) is 3.64. The largest absolute Gasteiger partial charge is 0.496 e. The molecule has 7 nitrogen and oxygen atoms in total. The first kappa shape index (κ1) is 28.9. The van der Waals surface area contributed by atoms with E-state index in [4.69, 9.17) is 4.74 Å². The quantitative estimate of drug-likeness (QED) is 0.437. The Balaban J connectivity index is 1.59. The fourth-order valence-corrected chi connectivity index (χ4v) is 6.79. The van der Waals surface area contributed by atoms with E-state index >= 15 is 0 Å². The van der Waals surface area contributed by atoms with E-state index in [-0.39, 0.29) is 5.91 Å². The highest BCUT2D eigenvalue weighted by Gasteiger charge is 2.31. The number of nitrogens with zero attached hydrogens (tertiary/aromatic N) is 3. The topological polar surface area (TPSA) is 70.2 Å². The number of hydrogen-bond donors (Lipinski definition) is 0. The highest BCUT2D eigenvalue weighted by Crippen LogP contribution is 2.26. The molecule has 1 amide bonds. The molecule has 1 heterocycles. The van der Waals surface area contributed by atoms with E-state index in [0.29, 0.717) is 57.1 Å². The maximum atomic E-state index is 13.4. The Morgan fingerprint density at radius 3 is 2.32 bits per heavy atom. The third-order valence-corrected chi connectivity index (χ3v) is 9.00. The molecule has 1 fully saturated rings. The van der Waals surface area contributed by atoms with Crippen LogP contribution in [0.2, 0.25) is 0 Å². The fourth-order valence-electron chi connectivity index (χ4n) is 4.96. The molecule has 1 aliphatic heterocycles. The fraction of sp³-hybridized carbons (Fsp3) is 0.483. The Hall–Kier alpha value is -2.68. The summed E-state index contributed by atoms with van der Waals surface area (Å²) >= 11 is 0. The Morgan fingerprint density at radius 1 is 1.05 bits per heavy atom. The van der Waals surface area contributed by atoms with Crippen LogP contribution < -0.4 is 4.74 Å². The van der Waals surface area contributed by atoms with Crippen LogP contribution in [0.25, 0.3) is 6.08 Å². The monoisotopic (exact) mass is 527 g/mol. The molecule has 0 atom stereocenters. The van der Waals surface area contributed by atoms with E-state index < -0.39 is 10.0 Å². The summed E-state index contributed by atoms with van der Waals surface area (Å²) in [5, 5.41) is 0. The molecule has 3 rings (SSSR count). The molecule has 0 aromatic heterocycles. The lowest BCUT2D eigenvalue weighted by Gasteiger charge is -2.35. The average Bonchev–Trinajstić information content (AvgIpc) is 2.86. The van der Waals surface area contributed by atoms with Gasteiger partial charge in [0.15, 0.2) is 0 Å². The number of amides is 1. The van der Waals surface area contributed by atoms with Crippen molar-refractivity contribution in [1.29, 1.82) is 0 Å². The van der Waals surface area contributed by atoms with E-state index in [1.807, 2.05) is 81.1 Å². The molecule has 0 N–H and O–H groups in total. The minimum absolute atomic E-state index is 0.138. The average molecular weight is 528 g/mol. The lowest BCUT2D eigenvalue weighted by Crippen LogP contribution is -2.50. The zero-order chi connectivity index (χ0) is 27.0. The predicted octanol–water partition coefficient (Wildman–Crippen LogP) is 4.27. The molecule has 0 unspecified atom stereocenters. The number of sulfonamides is 1. The maximum absolute atomic E-state index is 13.4. The number of hydrogen-bond acceptors (Lipinski definition) is 5. The molecule has 37 heavy (non-hydrogen) atoms. The molecule has 2 aromatic carbocycles. The number of piperazine rings is 1. The van der Waals surface area contributed by atoms with Crippen LogP contribution in [0.15, 0.2) is 47.4 Å². The predicted molar refractivity (Wildman–Crippen MR) is 149 cm³/mol. The Bertz CT molecular complexity index is 1180. The lowest BCUT2D eigenvalue weighted by atomic mass is 10.1. The second kappa shape index (κ2) is 13.2. The van der Waals surface area contributed by atoms with Crippen molar-refractivity contribution in [3.05, 3.63) is 64.7 Å². The van der Waals surface area contributed by atoms with Gasteiger partial charge in [0, 0.05) is 57.8 Å². The van der Waals surface area contributed by atoms with E-state index in [0.717, 1.165) is 34.4 Å². The SMILES string of the molecule is CCCC(=O)N(C/C=C/c1ccccc1OC)CCN1CCN(S(=O)(=O)c2c(C)cc(C)cc2C)CC1. The van der Waals surface area contributed by atoms with E-state index in [1.54, 1.807) is 11.4 Å². The van der Waals surface area contributed by atoms with Crippen LogP contribution in [0.3, 0.4) is 0 Å². The molecule has 1 aliphatic rings. The minimum atomic E-state index is -3.54. The van der Waals surface area contributed by atoms with Crippen molar-refractivity contribution in [3.8, 4) is 5.75 Å². The zero-order valence-electron chi connectivity index (χ0n) is 22.9. The molecular weight excluding hydrogens is 486 g/mol.